The molecule has 1 rings (SSSR count). The van der Waals surface area contributed by atoms with Gasteiger partial charge < -0.3 is 19.7 Å². The Kier molecular flexibility index (Phi) is 2.45. The van der Waals surface area contributed by atoms with Gasteiger partial charge in [-0.3, -0.25) is 0 Å². The van der Waals surface area contributed by atoms with Gasteiger partial charge in [-0.1, -0.05) is 5.16 Å². The molecule has 0 fully saturated rings. The summed E-state index contributed by atoms with van der Waals surface area (Å²) in [5.74, 6) is 0.398. The van der Waals surface area contributed by atoms with Crippen molar-refractivity contribution in [2.24, 2.45) is 0 Å². The van der Waals surface area contributed by atoms with Crippen molar-refractivity contribution in [1.29, 1.82) is 0 Å². The van der Waals surface area contributed by atoms with Gasteiger partial charge in [0.25, 0.3) is 0 Å². The second-order valence-corrected chi connectivity index (χ2v) is 1.95. The van der Waals surface area contributed by atoms with Crippen LogP contribution in [0.2, 0.25) is 0 Å². The molecule has 62 valence electrons. The molecule has 0 atom stereocenters. The number of anilines is 1. The van der Waals surface area contributed by atoms with Crippen LogP contribution in [-0.4, -0.2) is 19.4 Å². The zero-order valence-corrected chi connectivity index (χ0v) is 6.40. The average molecular weight is 158 g/mol. The molecule has 0 saturated heterocycles. The Hall–Kier alpha value is -1.07. The number of nitrogen functional groups attached to an aromatic ring is 1. The normalized spacial score (nSPS) is 10.8. The van der Waals surface area contributed by atoms with Crippen molar-refractivity contribution in [3.63, 3.8) is 0 Å². The molecule has 0 unspecified atom stereocenters. The summed E-state index contributed by atoms with van der Waals surface area (Å²) in [6, 6.07) is 0. The Bertz CT molecular complexity index is 219. The minimum atomic E-state index is -0.572. The second-order valence-electron chi connectivity index (χ2n) is 1.95. The topological polar surface area (TPSA) is 70.5 Å². The van der Waals surface area contributed by atoms with E-state index in [2.05, 4.69) is 5.16 Å². The monoisotopic (exact) mass is 158 g/mol. The van der Waals surface area contributed by atoms with Crippen LogP contribution in [0.5, 0.6) is 0 Å². The van der Waals surface area contributed by atoms with Gasteiger partial charge in [0, 0.05) is 14.2 Å². The lowest BCUT2D eigenvalue weighted by molar-refractivity contribution is -0.119. The lowest BCUT2D eigenvalue weighted by atomic mass is 10.4. The smallest absolute Gasteiger partial charge is 0.221 e. The fourth-order valence-corrected chi connectivity index (χ4v) is 0.746. The van der Waals surface area contributed by atoms with E-state index < -0.39 is 6.29 Å². The van der Waals surface area contributed by atoms with Crippen molar-refractivity contribution in [3.8, 4) is 0 Å². The summed E-state index contributed by atoms with van der Waals surface area (Å²) in [7, 11) is 2.99. The van der Waals surface area contributed by atoms with E-state index in [0.717, 1.165) is 0 Å². The molecule has 0 aliphatic heterocycles. The number of nitrogens with zero attached hydrogens (tertiary/aromatic N) is 1. The number of aromatic nitrogens is 1. The summed E-state index contributed by atoms with van der Waals surface area (Å²) in [6.45, 7) is 0. The second kappa shape index (κ2) is 3.36. The van der Waals surface area contributed by atoms with E-state index in [1.54, 1.807) is 0 Å². The first-order chi connectivity index (χ1) is 5.29. The third-order valence-corrected chi connectivity index (χ3v) is 1.27. The first-order valence-corrected chi connectivity index (χ1v) is 3.05. The van der Waals surface area contributed by atoms with Gasteiger partial charge in [0.15, 0.2) is 0 Å². The van der Waals surface area contributed by atoms with E-state index in [4.69, 9.17) is 19.7 Å². The summed E-state index contributed by atoms with van der Waals surface area (Å²) in [5.41, 5.74) is 5.91. The molecule has 0 aliphatic rings. The fraction of sp³-hybridized carbons (Fsp3) is 0.500. The maximum Gasteiger partial charge on any atom is 0.221 e. The third-order valence-electron chi connectivity index (χ3n) is 1.27. The maximum absolute atomic E-state index is 5.48. The van der Waals surface area contributed by atoms with Crippen LogP contribution in [0.4, 0.5) is 5.69 Å². The van der Waals surface area contributed by atoms with Gasteiger partial charge in [-0.2, -0.15) is 0 Å². The minimum absolute atomic E-state index is 0.398. The van der Waals surface area contributed by atoms with Crippen molar-refractivity contribution in [2.75, 3.05) is 20.0 Å². The first kappa shape index (κ1) is 8.03. The van der Waals surface area contributed by atoms with E-state index in [1.165, 1.54) is 20.4 Å². The predicted molar refractivity (Wildman–Crippen MR) is 37.7 cm³/mol. The zero-order valence-electron chi connectivity index (χ0n) is 6.40. The van der Waals surface area contributed by atoms with Gasteiger partial charge in [-0.25, -0.2) is 0 Å². The highest BCUT2D eigenvalue weighted by Gasteiger charge is 2.16. The average Bonchev–Trinajstić information content (AvgIpc) is 2.40. The Morgan fingerprint density at radius 3 is 2.55 bits per heavy atom. The number of ether oxygens (including phenoxy) is 2. The number of rotatable bonds is 3. The number of methoxy groups -OCH3 is 2. The SMILES string of the molecule is COC(OC)c1oncc1N. The van der Waals surface area contributed by atoms with Gasteiger partial charge >= 0.3 is 0 Å². The van der Waals surface area contributed by atoms with Crippen molar-refractivity contribution >= 4 is 5.69 Å². The molecule has 0 amide bonds. The molecule has 2 N–H and O–H groups in total. The van der Waals surface area contributed by atoms with Gasteiger partial charge in [-0.15, -0.1) is 0 Å². The Morgan fingerprint density at radius 2 is 2.18 bits per heavy atom. The minimum Gasteiger partial charge on any atom is -0.394 e. The van der Waals surface area contributed by atoms with Crippen molar-refractivity contribution in [3.05, 3.63) is 12.0 Å². The highest BCUT2D eigenvalue weighted by Crippen LogP contribution is 2.22. The van der Waals surface area contributed by atoms with E-state index in [1.807, 2.05) is 0 Å². The van der Waals surface area contributed by atoms with Gasteiger partial charge in [0.1, 0.15) is 5.69 Å². The summed E-state index contributed by atoms with van der Waals surface area (Å²) in [4.78, 5) is 0. The molecule has 0 bridgehead atoms. The van der Waals surface area contributed by atoms with E-state index >= 15 is 0 Å². The van der Waals surface area contributed by atoms with Gasteiger partial charge in [0.05, 0.1) is 6.20 Å². The highest BCUT2D eigenvalue weighted by atomic mass is 16.7. The fourth-order valence-electron chi connectivity index (χ4n) is 0.746. The van der Waals surface area contributed by atoms with Crippen LogP contribution in [-0.2, 0) is 9.47 Å². The Balaban J connectivity index is 2.81. The van der Waals surface area contributed by atoms with Crippen molar-refractivity contribution < 1.29 is 14.0 Å². The van der Waals surface area contributed by atoms with Crippen LogP contribution < -0.4 is 5.73 Å². The van der Waals surface area contributed by atoms with E-state index in [0.29, 0.717) is 11.4 Å². The van der Waals surface area contributed by atoms with E-state index in [9.17, 15) is 0 Å². The molecular weight excluding hydrogens is 148 g/mol. The molecule has 5 heteroatoms. The summed E-state index contributed by atoms with van der Waals surface area (Å²) in [6.07, 6.45) is 0.831. The van der Waals surface area contributed by atoms with Crippen molar-refractivity contribution in [2.45, 2.75) is 6.29 Å². The zero-order chi connectivity index (χ0) is 8.27. The molecule has 0 spiro atoms. The van der Waals surface area contributed by atoms with E-state index in [-0.39, 0.29) is 0 Å². The molecule has 1 heterocycles. The number of hydrogen-bond acceptors (Lipinski definition) is 5. The quantitative estimate of drug-likeness (QED) is 0.650. The summed E-state index contributed by atoms with van der Waals surface area (Å²) >= 11 is 0. The molecule has 0 aliphatic carbocycles. The van der Waals surface area contributed by atoms with Gasteiger partial charge in [-0.05, 0) is 0 Å². The van der Waals surface area contributed by atoms with Crippen LogP contribution in [0.3, 0.4) is 0 Å². The third kappa shape index (κ3) is 1.50. The maximum atomic E-state index is 5.48. The van der Waals surface area contributed by atoms with Gasteiger partial charge in [0.2, 0.25) is 12.1 Å². The lowest BCUT2D eigenvalue weighted by Crippen LogP contribution is -2.04. The highest BCUT2D eigenvalue weighted by molar-refractivity contribution is 5.38. The Morgan fingerprint density at radius 1 is 1.55 bits per heavy atom. The van der Waals surface area contributed by atoms with Crippen LogP contribution in [0.15, 0.2) is 10.7 Å². The van der Waals surface area contributed by atoms with Crippen LogP contribution in [0, 0.1) is 0 Å². The standard InChI is InChI=1S/C6H10N2O3/c1-9-6(10-2)5-4(7)3-8-11-5/h3,6H,7H2,1-2H3. The number of nitrogens with two attached hydrogens (primary N) is 1. The molecule has 1 aromatic heterocycles. The molecule has 11 heavy (non-hydrogen) atoms. The summed E-state index contributed by atoms with van der Waals surface area (Å²) in [5, 5.41) is 3.48. The lowest BCUT2D eigenvalue weighted by Gasteiger charge is -2.09. The van der Waals surface area contributed by atoms with Crippen LogP contribution in [0.1, 0.15) is 12.1 Å². The molecule has 1 aromatic rings. The molecule has 0 saturated carbocycles. The van der Waals surface area contributed by atoms with Crippen molar-refractivity contribution in [1.82, 2.24) is 5.16 Å². The molecule has 5 nitrogen and oxygen atoms in total. The van der Waals surface area contributed by atoms with Crippen LogP contribution >= 0.6 is 0 Å². The largest absolute Gasteiger partial charge is 0.394 e. The van der Waals surface area contributed by atoms with Crippen LogP contribution in [0.25, 0.3) is 0 Å². The summed E-state index contributed by atoms with van der Waals surface area (Å²) < 4.78 is 14.6. The number of hydrogen-bond donors (Lipinski definition) is 1. The molecule has 0 aromatic carbocycles. The molecule has 0 radical (unpaired) electrons. The molecular formula is C6H10N2O3. The Labute approximate surface area is 64.1 Å². The first-order valence-electron chi connectivity index (χ1n) is 3.05. The predicted octanol–water partition coefficient (Wildman–Crippen LogP) is 0.548.